The largest absolute Gasteiger partial charge is 0.480 e. The number of thiol groups is 2. The SMILES string of the molecule is CC(C)C[C@H](NC(=O)[C@H](CCCCN)NC(=O)[C@H](CC(N)=O)NC(=O)[C@H](C)NC(=O)[C@H](CO)NC(=O)[C@H](CCC(N)=O)NC(=O)[C@@H](N)CS)C(=O)N[C@H](C(=O)N[C@@H](CS)C(=O)O)[C@@H](C)O. The zero-order valence-electron chi connectivity index (χ0n) is 36.7. The molecule has 0 radical (unpaired) electrons. The minimum absolute atomic E-state index is 0.0219. The van der Waals surface area contributed by atoms with Gasteiger partial charge in [-0.1, -0.05) is 13.8 Å². The number of carboxylic acids is 1. The lowest BCUT2D eigenvalue weighted by molar-refractivity contribution is -0.142. The van der Waals surface area contributed by atoms with Crippen LogP contribution in [0.2, 0.25) is 0 Å². The number of rotatable bonds is 32. The van der Waals surface area contributed by atoms with E-state index in [0.717, 1.165) is 6.92 Å². The quantitative estimate of drug-likeness (QED) is 0.0220. The second-order valence-electron chi connectivity index (χ2n) is 15.4. The first kappa shape index (κ1) is 59.7. The molecule has 0 aromatic carbocycles. The molecule has 0 aliphatic rings. The molecule has 26 nitrogen and oxygen atoms in total. The molecule has 28 heteroatoms. The van der Waals surface area contributed by atoms with E-state index in [1.165, 1.54) is 6.92 Å². The molecule has 0 spiro atoms. The molecule has 0 heterocycles. The summed E-state index contributed by atoms with van der Waals surface area (Å²) in [6, 6.07) is -13.5. The highest BCUT2D eigenvalue weighted by molar-refractivity contribution is 7.80. The van der Waals surface area contributed by atoms with Gasteiger partial charge in [-0.15, -0.1) is 0 Å². The fourth-order valence-electron chi connectivity index (χ4n) is 5.59. The number of hydrogen-bond acceptors (Lipinski definition) is 17. The molecule has 0 bridgehead atoms. The summed E-state index contributed by atoms with van der Waals surface area (Å²) in [4.78, 5) is 140. The molecule has 0 aromatic heterocycles. The number of aliphatic hydroxyl groups excluding tert-OH is 2. The van der Waals surface area contributed by atoms with Crippen molar-refractivity contribution in [1.82, 2.24) is 42.5 Å². The third-order valence-electron chi connectivity index (χ3n) is 9.23. The molecule has 0 aliphatic heterocycles. The fraction of sp³-hybridized carbons (Fsp3) is 0.703. The Morgan fingerprint density at radius 2 is 1.03 bits per heavy atom. The fourth-order valence-corrected chi connectivity index (χ4v) is 6.00. The number of carbonyl (C=O) groups is 11. The average Bonchev–Trinajstić information content (AvgIpc) is 3.22. The second kappa shape index (κ2) is 30.8. The standard InChI is InChI=1S/C37H66N12O14S2/c1-16(2)11-22(34(59)49-28(18(4)51)36(61)48-25(15-65)37(62)63)46-31(56)20(7-5-6-10-38)44-33(58)23(12-27(41)53)45-29(54)17(3)42-35(60)24(13-50)47-32(57)21(8-9-26(40)52)43-30(55)19(39)14-64/h16-25,28,50-51,64-65H,5-15,38-39H2,1-4H3,(H2,40,52)(H2,41,53)(H,42,60)(H,43,55)(H,44,58)(H,45,54)(H,46,56)(H,47,57)(H,48,61)(H,49,59)(H,62,63)/t17-,18+,19-,20-,21-,22-,23-,24-,25-,28-/m0/s1. The second-order valence-corrected chi connectivity index (χ2v) is 16.1. The van der Waals surface area contributed by atoms with Crippen LogP contribution in [-0.4, -0.2) is 165 Å². The van der Waals surface area contributed by atoms with Gasteiger partial charge < -0.3 is 80.8 Å². The Hall–Kier alpha value is -5.29. The predicted octanol–water partition coefficient (Wildman–Crippen LogP) is -7.15. The lowest BCUT2D eigenvalue weighted by Gasteiger charge is -2.28. The molecule has 19 N–H and O–H groups in total. The Morgan fingerprint density at radius 1 is 0.554 bits per heavy atom. The molecule has 10 amide bonds. The van der Waals surface area contributed by atoms with Gasteiger partial charge in [0, 0.05) is 17.9 Å². The van der Waals surface area contributed by atoms with Gasteiger partial charge in [0.15, 0.2) is 0 Å². The first-order chi connectivity index (χ1) is 30.3. The van der Waals surface area contributed by atoms with E-state index < -0.39 is 139 Å². The molecule has 0 saturated heterocycles. The van der Waals surface area contributed by atoms with E-state index >= 15 is 0 Å². The van der Waals surface area contributed by atoms with Crippen molar-refractivity contribution >= 4 is 90.3 Å². The summed E-state index contributed by atoms with van der Waals surface area (Å²) in [6.07, 6.45) is -2.46. The number of aliphatic carboxylic acids is 1. The monoisotopic (exact) mass is 966 g/mol. The van der Waals surface area contributed by atoms with Crippen LogP contribution in [0.15, 0.2) is 0 Å². The van der Waals surface area contributed by atoms with Crippen LogP contribution in [0.3, 0.4) is 0 Å². The summed E-state index contributed by atoms with van der Waals surface area (Å²) in [6.45, 7) is 4.93. The first-order valence-corrected chi connectivity index (χ1v) is 21.8. The molecule has 0 aliphatic carbocycles. The Balaban J connectivity index is 6.23. The van der Waals surface area contributed by atoms with E-state index in [2.05, 4.69) is 67.8 Å². The molecule has 65 heavy (non-hydrogen) atoms. The number of aliphatic hydroxyl groups is 2. The van der Waals surface area contributed by atoms with Crippen LogP contribution in [0, 0.1) is 5.92 Å². The van der Waals surface area contributed by atoms with E-state index in [1.54, 1.807) is 13.8 Å². The Kier molecular flexibility index (Phi) is 28.3. The zero-order valence-corrected chi connectivity index (χ0v) is 38.5. The maximum Gasteiger partial charge on any atom is 0.327 e. The van der Waals surface area contributed by atoms with Gasteiger partial charge in [-0.25, -0.2) is 4.79 Å². The molecule has 0 unspecified atom stereocenters. The van der Waals surface area contributed by atoms with E-state index in [0.29, 0.717) is 6.42 Å². The van der Waals surface area contributed by atoms with Gasteiger partial charge >= 0.3 is 5.97 Å². The lowest BCUT2D eigenvalue weighted by Crippen LogP contribution is -2.61. The summed E-state index contributed by atoms with van der Waals surface area (Å²) in [5, 5.41) is 47.9. The predicted molar refractivity (Wildman–Crippen MR) is 238 cm³/mol. The first-order valence-electron chi connectivity index (χ1n) is 20.5. The smallest absolute Gasteiger partial charge is 0.327 e. The van der Waals surface area contributed by atoms with Crippen molar-refractivity contribution in [2.75, 3.05) is 24.7 Å². The molecule has 10 atom stereocenters. The lowest BCUT2D eigenvalue weighted by atomic mass is 10.0. The normalized spacial score (nSPS) is 15.7. The molecule has 0 aromatic rings. The number of unbranched alkanes of at least 4 members (excludes halogenated alkanes) is 1. The minimum Gasteiger partial charge on any atom is -0.480 e. The topological polar surface area (TPSA) is 449 Å². The summed E-state index contributed by atoms with van der Waals surface area (Å²) < 4.78 is 0. The highest BCUT2D eigenvalue weighted by atomic mass is 32.1. The van der Waals surface area contributed by atoms with Crippen molar-refractivity contribution in [3.63, 3.8) is 0 Å². The summed E-state index contributed by atoms with van der Waals surface area (Å²) in [5.41, 5.74) is 21.8. The maximum atomic E-state index is 13.8. The molecule has 0 saturated carbocycles. The highest BCUT2D eigenvalue weighted by Gasteiger charge is 2.35. The third-order valence-corrected chi connectivity index (χ3v) is 9.99. The van der Waals surface area contributed by atoms with Crippen molar-refractivity contribution < 1.29 is 68.1 Å². The molecule has 0 fully saturated rings. The van der Waals surface area contributed by atoms with Crippen molar-refractivity contribution in [3.05, 3.63) is 0 Å². The van der Waals surface area contributed by atoms with Crippen LogP contribution in [-0.2, 0) is 52.7 Å². The number of amides is 10. The molecule has 370 valence electrons. The van der Waals surface area contributed by atoms with Crippen molar-refractivity contribution in [1.29, 1.82) is 0 Å². The number of nitrogens with one attached hydrogen (secondary N) is 8. The van der Waals surface area contributed by atoms with Gasteiger partial charge in [-0.05, 0) is 58.4 Å². The van der Waals surface area contributed by atoms with Gasteiger partial charge in [0.25, 0.3) is 0 Å². The van der Waals surface area contributed by atoms with Crippen LogP contribution in [0.1, 0.15) is 72.6 Å². The minimum atomic E-state index is -1.75. The van der Waals surface area contributed by atoms with E-state index in [9.17, 15) is 68.1 Å². The highest BCUT2D eigenvalue weighted by Crippen LogP contribution is 2.10. The van der Waals surface area contributed by atoms with Gasteiger partial charge in [0.05, 0.1) is 25.2 Å². The number of carbonyl (C=O) groups excluding carboxylic acids is 10. The number of primary amides is 2. The molecule has 0 rings (SSSR count). The van der Waals surface area contributed by atoms with Crippen LogP contribution in [0.25, 0.3) is 0 Å². The van der Waals surface area contributed by atoms with Crippen LogP contribution in [0.4, 0.5) is 0 Å². The number of carboxylic acid groups (broad SMARTS) is 1. The van der Waals surface area contributed by atoms with Gasteiger partial charge in [-0.2, -0.15) is 25.3 Å². The van der Waals surface area contributed by atoms with Crippen molar-refractivity contribution in [2.45, 2.75) is 133 Å². The van der Waals surface area contributed by atoms with Gasteiger partial charge in [0.2, 0.25) is 59.1 Å². The maximum absolute atomic E-state index is 13.8. The third kappa shape index (κ3) is 22.9. The Bertz CT molecular complexity index is 1680. The number of hydrogen-bond donors (Lipinski definition) is 17. The Morgan fingerprint density at radius 3 is 1.51 bits per heavy atom. The van der Waals surface area contributed by atoms with Gasteiger partial charge in [0.1, 0.15) is 48.3 Å². The van der Waals surface area contributed by atoms with Crippen LogP contribution >= 0.6 is 25.3 Å². The van der Waals surface area contributed by atoms with E-state index in [4.69, 9.17) is 22.9 Å². The Labute approximate surface area is 386 Å². The summed E-state index contributed by atoms with van der Waals surface area (Å²) >= 11 is 7.80. The van der Waals surface area contributed by atoms with Crippen LogP contribution in [0.5, 0.6) is 0 Å². The summed E-state index contributed by atoms with van der Waals surface area (Å²) in [7, 11) is 0. The van der Waals surface area contributed by atoms with Crippen LogP contribution < -0.4 is 65.5 Å². The van der Waals surface area contributed by atoms with E-state index in [-0.39, 0.29) is 56.1 Å². The molecular weight excluding hydrogens is 901 g/mol. The van der Waals surface area contributed by atoms with Crippen molar-refractivity contribution in [2.24, 2.45) is 28.9 Å². The number of nitrogens with two attached hydrogens (primary N) is 4. The zero-order chi connectivity index (χ0) is 50.1. The average molecular weight is 967 g/mol. The van der Waals surface area contributed by atoms with Crippen molar-refractivity contribution in [3.8, 4) is 0 Å². The molecular formula is C37H66N12O14S2. The summed E-state index contributed by atoms with van der Waals surface area (Å²) in [5.74, 6) is -12.0. The van der Waals surface area contributed by atoms with Gasteiger partial charge in [-0.3, -0.25) is 47.9 Å². The van der Waals surface area contributed by atoms with E-state index in [1.807, 2.05) is 0 Å².